The molecule has 0 fully saturated rings. The van der Waals surface area contributed by atoms with Crippen LogP contribution in [0.1, 0.15) is 5.56 Å². The fourth-order valence-corrected chi connectivity index (χ4v) is 3.65. The van der Waals surface area contributed by atoms with Gasteiger partial charge in [-0.2, -0.15) is 0 Å². The number of carboxylic acids is 4. The number of carbonyl (C=O) groups is 4. The predicted molar refractivity (Wildman–Crippen MR) is 126 cm³/mol. The summed E-state index contributed by atoms with van der Waals surface area (Å²) in [5.74, 6) is -4.39. The number of aliphatic carboxylic acids is 4. The van der Waals surface area contributed by atoms with Crippen LogP contribution in [-0.2, 0) is 25.6 Å². The second kappa shape index (κ2) is 19.1. The number of hydrogen-bond acceptors (Lipinski definition) is 10. The van der Waals surface area contributed by atoms with Gasteiger partial charge in [-0.1, -0.05) is 42.5 Å². The molecule has 0 saturated carbocycles. The molecule has 2 aromatic carbocycles. The third-order valence-electron chi connectivity index (χ3n) is 5.14. The zero-order chi connectivity index (χ0) is 26.5. The molecule has 0 bridgehead atoms. The Hall–Kier alpha value is -2.03. The van der Waals surface area contributed by atoms with Gasteiger partial charge in [-0.15, -0.1) is 0 Å². The first kappa shape index (κ1) is 36.0. The van der Waals surface area contributed by atoms with Gasteiger partial charge in [0.05, 0.1) is 31.6 Å². The molecular formula is C24H28N4Na2O8. The maximum atomic E-state index is 10.5. The van der Waals surface area contributed by atoms with Crippen LogP contribution in [0.3, 0.4) is 0 Å². The van der Waals surface area contributed by atoms with E-state index in [1.54, 1.807) is 0 Å². The number of fused-ring (bicyclic) bond motifs is 1. The Kier molecular flexibility index (Phi) is 18.1. The molecule has 0 unspecified atom stereocenters. The van der Waals surface area contributed by atoms with E-state index >= 15 is 0 Å². The third kappa shape index (κ3) is 14.2. The third-order valence-corrected chi connectivity index (χ3v) is 5.14. The van der Waals surface area contributed by atoms with Crippen molar-refractivity contribution in [2.45, 2.75) is 6.42 Å². The fourth-order valence-electron chi connectivity index (χ4n) is 3.65. The Morgan fingerprint density at radius 1 is 0.816 bits per heavy atom. The quantitative estimate of drug-likeness (QED) is 0.203. The average molecular weight is 546 g/mol. The number of hydrogen-bond donors (Lipinski definition) is 3. The van der Waals surface area contributed by atoms with Crippen molar-refractivity contribution in [1.82, 2.24) is 15.1 Å². The monoisotopic (exact) mass is 546 g/mol. The van der Waals surface area contributed by atoms with Crippen LogP contribution in [0.5, 0.6) is 0 Å². The minimum Gasteiger partial charge on any atom is -0.549 e. The van der Waals surface area contributed by atoms with Crippen LogP contribution in [0.15, 0.2) is 47.5 Å². The molecule has 2 aromatic rings. The fraction of sp³-hybridized carbons (Fsp3) is 0.375. The van der Waals surface area contributed by atoms with Crippen LogP contribution in [0, 0.1) is 0 Å². The molecule has 0 atom stereocenters. The SMILES string of the molecule is O=C([O-])CN(CCN(CC(=O)[O-])CC(=O)O)CC(=O)O.[Na+].[Na+].c1ccc2c(CC3=NCCN3)cccc2c1. The minimum absolute atomic E-state index is 0. The van der Waals surface area contributed by atoms with Gasteiger partial charge in [0.25, 0.3) is 0 Å². The number of carboxylic acid groups (broad SMARTS) is 4. The number of rotatable bonds is 13. The molecule has 0 amide bonds. The molecule has 194 valence electrons. The molecule has 3 rings (SSSR count). The van der Waals surface area contributed by atoms with Crippen LogP contribution in [0.25, 0.3) is 10.8 Å². The second-order valence-corrected chi connectivity index (χ2v) is 8.02. The van der Waals surface area contributed by atoms with E-state index in [0.29, 0.717) is 0 Å². The average Bonchev–Trinajstić information content (AvgIpc) is 3.30. The summed E-state index contributed by atoms with van der Waals surface area (Å²) in [6, 6.07) is 15.0. The van der Waals surface area contributed by atoms with Crippen molar-refractivity contribution in [2.75, 3.05) is 52.4 Å². The van der Waals surface area contributed by atoms with E-state index in [0.717, 1.165) is 35.1 Å². The molecule has 38 heavy (non-hydrogen) atoms. The van der Waals surface area contributed by atoms with E-state index in [-0.39, 0.29) is 72.2 Å². The zero-order valence-corrected chi connectivity index (χ0v) is 25.6. The number of nitrogens with one attached hydrogen (secondary N) is 1. The van der Waals surface area contributed by atoms with Gasteiger partial charge in [0, 0.05) is 39.1 Å². The van der Waals surface area contributed by atoms with Crippen molar-refractivity contribution in [1.29, 1.82) is 0 Å². The molecule has 12 nitrogen and oxygen atoms in total. The van der Waals surface area contributed by atoms with E-state index in [9.17, 15) is 29.4 Å². The summed E-state index contributed by atoms with van der Waals surface area (Å²) in [7, 11) is 0. The van der Waals surface area contributed by atoms with Crippen molar-refractivity contribution in [3.8, 4) is 0 Å². The first-order chi connectivity index (χ1) is 17.1. The summed E-state index contributed by atoms with van der Waals surface area (Å²) in [4.78, 5) is 48.3. The Morgan fingerprint density at radius 2 is 1.34 bits per heavy atom. The van der Waals surface area contributed by atoms with E-state index in [1.165, 1.54) is 16.3 Å². The number of carbonyl (C=O) groups excluding carboxylic acids is 2. The van der Waals surface area contributed by atoms with Gasteiger partial charge in [0.1, 0.15) is 5.84 Å². The van der Waals surface area contributed by atoms with E-state index in [4.69, 9.17) is 10.2 Å². The molecule has 0 saturated heterocycles. The number of nitrogens with zero attached hydrogens (tertiary/aromatic N) is 3. The van der Waals surface area contributed by atoms with Crippen molar-refractivity contribution >= 4 is 40.5 Å². The molecule has 0 radical (unpaired) electrons. The minimum atomic E-state index is -1.49. The van der Waals surface area contributed by atoms with E-state index < -0.39 is 50.1 Å². The second-order valence-electron chi connectivity index (χ2n) is 8.02. The largest absolute Gasteiger partial charge is 1.00 e. The molecule has 1 aliphatic heterocycles. The van der Waals surface area contributed by atoms with Gasteiger partial charge < -0.3 is 35.3 Å². The van der Waals surface area contributed by atoms with Crippen molar-refractivity contribution in [3.05, 3.63) is 48.0 Å². The molecular weight excluding hydrogens is 518 g/mol. The summed E-state index contributed by atoms with van der Waals surface area (Å²) in [6.45, 7) is -0.848. The predicted octanol–water partition coefficient (Wildman–Crippen LogP) is -8.35. The van der Waals surface area contributed by atoms with Crippen molar-refractivity contribution < 1.29 is 98.7 Å². The maximum Gasteiger partial charge on any atom is 1.00 e. The standard InChI is InChI=1S/C14H14N2.C10H16N2O8.2Na/c1-2-7-13-11(4-1)5-3-6-12(13)10-14-15-8-9-16-14;13-7(14)3-11(4-8(15)16)1-2-12(5-9(17)18)6-10(19)20;;/h1-7H,8-10H2,(H,15,16);1-6H2,(H,13,14)(H,15,16)(H,17,18)(H,19,20);;/q;;2*+1/p-2. The van der Waals surface area contributed by atoms with Gasteiger partial charge >= 0.3 is 71.1 Å². The van der Waals surface area contributed by atoms with Crippen LogP contribution >= 0.6 is 0 Å². The van der Waals surface area contributed by atoms with Gasteiger partial charge in [-0.05, 0) is 16.3 Å². The first-order valence-corrected chi connectivity index (χ1v) is 11.2. The summed E-state index contributed by atoms with van der Waals surface area (Å²) >= 11 is 0. The Bertz CT molecular complexity index is 1040. The zero-order valence-electron chi connectivity index (χ0n) is 21.6. The molecule has 0 aliphatic carbocycles. The summed E-state index contributed by atoms with van der Waals surface area (Å²) in [6.07, 6.45) is 0.918. The van der Waals surface area contributed by atoms with Crippen LogP contribution < -0.4 is 74.6 Å². The van der Waals surface area contributed by atoms with Crippen molar-refractivity contribution in [2.24, 2.45) is 4.99 Å². The molecule has 3 N–H and O–H groups in total. The van der Waals surface area contributed by atoms with E-state index in [2.05, 4.69) is 52.8 Å². The van der Waals surface area contributed by atoms with Gasteiger partial charge in [0.15, 0.2) is 0 Å². The molecule has 14 heteroatoms. The number of amidine groups is 1. The topological polar surface area (TPSA) is 186 Å². The summed E-state index contributed by atoms with van der Waals surface area (Å²) < 4.78 is 0. The maximum absolute atomic E-state index is 10.5. The smallest absolute Gasteiger partial charge is 0.549 e. The number of benzene rings is 2. The van der Waals surface area contributed by atoms with Crippen LogP contribution in [0.4, 0.5) is 0 Å². The Morgan fingerprint density at radius 3 is 1.82 bits per heavy atom. The molecule has 0 aromatic heterocycles. The summed E-state index contributed by atoms with van der Waals surface area (Å²) in [5.41, 5.74) is 1.35. The van der Waals surface area contributed by atoms with Gasteiger partial charge in [-0.25, -0.2) is 0 Å². The van der Waals surface area contributed by atoms with Gasteiger partial charge in [0.2, 0.25) is 0 Å². The van der Waals surface area contributed by atoms with Gasteiger partial charge in [-0.3, -0.25) is 24.4 Å². The summed E-state index contributed by atoms with van der Waals surface area (Å²) in [5, 5.41) is 44.0. The normalized spacial score (nSPS) is 11.9. The Labute approximate surface area is 264 Å². The van der Waals surface area contributed by atoms with Crippen LogP contribution in [-0.4, -0.2) is 102 Å². The van der Waals surface area contributed by atoms with E-state index in [1.807, 2.05) is 0 Å². The Balaban J connectivity index is 0.000000693. The van der Waals surface area contributed by atoms with Crippen molar-refractivity contribution in [3.63, 3.8) is 0 Å². The molecule has 0 spiro atoms. The number of aliphatic imine (C=N–C) groups is 1. The van der Waals surface area contributed by atoms with Crippen LogP contribution in [0.2, 0.25) is 0 Å². The molecule has 1 heterocycles. The first-order valence-electron chi connectivity index (χ1n) is 11.2. The molecule has 1 aliphatic rings.